The third-order valence-corrected chi connectivity index (χ3v) is 0. The Labute approximate surface area is 39.6 Å². The second kappa shape index (κ2) is 3.96. The molecular weight excluding hydrogens is 111 g/mol. The van der Waals surface area contributed by atoms with Crippen LogP contribution in [0.15, 0.2) is 0 Å². The van der Waals surface area contributed by atoms with E-state index in [0.29, 0.717) is 0 Å². The minimum absolute atomic E-state index is 2.00. The van der Waals surface area contributed by atoms with E-state index in [0.717, 1.165) is 0 Å². The van der Waals surface area contributed by atoms with Crippen LogP contribution >= 0.6 is 0 Å². The molecule has 0 unspecified atom stereocenters. The third-order valence-electron chi connectivity index (χ3n) is 0. The molecule has 0 spiro atoms. The molecular formula is C2H6BF4-. The molecule has 0 atom stereocenters. The van der Waals surface area contributed by atoms with Crippen LogP contribution in [0.2, 0.25) is 0 Å². The Morgan fingerprint density at radius 2 is 0.857 bits per heavy atom. The van der Waals surface area contributed by atoms with Crippen LogP contribution in [0.3, 0.4) is 0 Å². The van der Waals surface area contributed by atoms with Crippen molar-refractivity contribution in [1.82, 2.24) is 0 Å². The summed E-state index contributed by atoms with van der Waals surface area (Å²) >= 11 is 0. The summed E-state index contributed by atoms with van der Waals surface area (Å²) in [5.41, 5.74) is 0. The fourth-order valence-corrected chi connectivity index (χ4v) is 0. The summed E-state index contributed by atoms with van der Waals surface area (Å²) in [5, 5.41) is 0. The fraction of sp³-hybridized carbons (Fsp3) is 1.00. The molecule has 0 bridgehead atoms. The molecule has 0 aliphatic heterocycles. The van der Waals surface area contributed by atoms with Gasteiger partial charge in [0.1, 0.15) is 0 Å². The Hall–Kier alpha value is -0.215. The molecule has 46 valence electrons. The van der Waals surface area contributed by atoms with E-state index in [1.807, 2.05) is 13.8 Å². The lowest BCUT2D eigenvalue weighted by molar-refractivity contribution is 0.368. The van der Waals surface area contributed by atoms with Gasteiger partial charge in [0.2, 0.25) is 0 Å². The SMILES string of the molecule is CC.F[B-](F)(F)F. The van der Waals surface area contributed by atoms with Crippen LogP contribution in [0, 0.1) is 0 Å². The van der Waals surface area contributed by atoms with Crippen LogP contribution in [-0.2, 0) is 0 Å². The van der Waals surface area contributed by atoms with Gasteiger partial charge in [0.15, 0.2) is 0 Å². The first-order valence-electron chi connectivity index (χ1n) is 1.87. The van der Waals surface area contributed by atoms with Crippen molar-refractivity contribution in [2.75, 3.05) is 0 Å². The second-order valence-electron chi connectivity index (χ2n) is 0.495. The molecule has 0 saturated heterocycles. The van der Waals surface area contributed by atoms with Gasteiger partial charge in [0.05, 0.1) is 0 Å². The monoisotopic (exact) mass is 117 g/mol. The molecule has 0 aromatic rings. The van der Waals surface area contributed by atoms with Crippen molar-refractivity contribution in [2.24, 2.45) is 0 Å². The molecule has 0 amide bonds. The van der Waals surface area contributed by atoms with Crippen LogP contribution in [-0.4, -0.2) is 7.25 Å². The smallest absolute Gasteiger partial charge is 0.418 e. The normalized spacial score (nSPS) is 9.43. The average molecular weight is 117 g/mol. The Morgan fingerprint density at radius 3 is 0.857 bits per heavy atom. The molecule has 0 heterocycles. The maximum absolute atomic E-state index is 9.75. The lowest BCUT2D eigenvalue weighted by Gasteiger charge is -1.94. The second-order valence-corrected chi connectivity index (χ2v) is 0.495. The van der Waals surface area contributed by atoms with Gasteiger partial charge in [-0.15, -0.1) is 0 Å². The molecule has 0 saturated carbocycles. The highest BCUT2D eigenvalue weighted by Crippen LogP contribution is 2.06. The van der Waals surface area contributed by atoms with Gasteiger partial charge in [-0.05, 0) is 0 Å². The first kappa shape index (κ1) is 9.92. The van der Waals surface area contributed by atoms with E-state index in [1.165, 1.54) is 0 Å². The van der Waals surface area contributed by atoms with Gasteiger partial charge in [-0.3, -0.25) is 0 Å². The summed E-state index contributed by atoms with van der Waals surface area (Å²) in [4.78, 5) is 0. The van der Waals surface area contributed by atoms with Gasteiger partial charge < -0.3 is 17.3 Å². The Bertz CT molecular complexity index is 25.2. The van der Waals surface area contributed by atoms with Gasteiger partial charge in [0.25, 0.3) is 0 Å². The Morgan fingerprint density at radius 1 is 0.857 bits per heavy atom. The maximum atomic E-state index is 9.75. The first-order chi connectivity index (χ1) is 3.00. The molecule has 0 nitrogen and oxygen atoms in total. The van der Waals surface area contributed by atoms with Crippen molar-refractivity contribution in [3.63, 3.8) is 0 Å². The van der Waals surface area contributed by atoms with E-state index < -0.39 is 7.25 Å². The van der Waals surface area contributed by atoms with E-state index >= 15 is 0 Å². The van der Waals surface area contributed by atoms with E-state index in [9.17, 15) is 17.3 Å². The molecule has 0 aliphatic rings. The zero-order valence-electron chi connectivity index (χ0n) is 4.09. The number of hydrogen-bond donors (Lipinski definition) is 0. The highest BCUT2D eigenvalue weighted by Gasteiger charge is 2.20. The predicted molar refractivity (Wildman–Crippen MR) is 21.5 cm³/mol. The van der Waals surface area contributed by atoms with Gasteiger partial charge in [-0.25, -0.2) is 0 Å². The molecule has 0 aromatic carbocycles. The molecule has 0 rings (SSSR count). The molecule has 0 N–H and O–H groups in total. The van der Waals surface area contributed by atoms with Crippen LogP contribution in [0.4, 0.5) is 17.3 Å². The van der Waals surface area contributed by atoms with Crippen LogP contribution in [0.1, 0.15) is 13.8 Å². The van der Waals surface area contributed by atoms with Gasteiger partial charge >= 0.3 is 7.25 Å². The minimum atomic E-state index is -6.00. The lowest BCUT2D eigenvalue weighted by Crippen LogP contribution is -2.02. The molecule has 0 aromatic heterocycles. The maximum Gasteiger partial charge on any atom is 0.673 e. The van der Waals surface area contributed by atoms with Crippen LogP contribution < -0.4 is 0 Å². The number of hydrogen-bond acceptors (Lipinski definition) is 0. The number of halogens is 4. The van der Waals surface area contributed by atoms with E-state index in [2.05, 4.69) is 0 Å². The van der Waals surface area contributed by atoms with E-state index in [-0.39, 0.29) is 0 Å². The minimum Gasteiger partial charge on any atom is -0.418 e. The lowest BCUT2D eigenvalue weighted by atomic mass is 10.3. The summed E-state index contributed by atoms with van der Waals surface area (Å²) in [7, 11) is -6.00. The van der Waals surface area contributed by atoms with Crippen molar-refractivity contribution in [1.29, 1.82) is 0 Å². The fourth-order valence-electron chi connectivity index (χ4n) is 0. The third kappa shape index (κ3) is 1790. The molecule has 0 fully saturated rings. The van der Waals surface area contributed by atoms with Gasteiger partial charge in [-0.2, -0.15) is 0 Å². The highest BCUT2D eigenvalue weighted by atomic mass is 19.5. The standard InChI is InChI=1S/C2H6.BF4/c1-2;2-1(3,4)5/h1-2H3;/q;-1. The Balaban J connectivity index is 0. The Kier molecular flexibility index (Phi) is 5.61. The van der Waals surface area contributed by atoms with Crippen molar-refractivity contribution < 1.29 is 17.3 Å². The molecule has 0 radical (unpaired) electrons. The van der Waals surface area contributed by atoms with Crippen molar-refractivity contribution >= 4 is 7.25 Å². The van der Waals surface area contributed by atoms with Crippen molar-refractivity contribution in [3.05, 3.63) is 0 Å². The first-order valence-corrected chi connectivity index (χ1v) is 1.87. The van der Waals surface area contributed by atoms with E-state index in [1.54, 1.807) is 0 Å². The zero-order valence-corrected chi connectivity index (χ0v) is 4.09. The van der Waals surface area contributed by atoms with Gasteiger partial charge in [-0.1, -0.05) is 13.8 Å². The predicted octanol–water partition coefficient (Wildman–Crippen LogP) is 2.33. The highest BCUT2D eigenvalue weighted by molar-refractivity contribution is 6.50. The topological polar surface area (TPSA) is 0 Å². The summed E-state index contributed by atoms with van der Waals surface area (Å²) in [6, 6.07) is 0. The van der Waals surface area contributed by atoms with Crippen LogP contribution in [0.5, 0.6) is 0 Å². The molecule has 5 heteroatoms. The summed E-state index contributed by atoms with van der Waals surface area (Å²) < 4.78 is 39.0. The average Bonchev–Trinajstić information content (AvgIpc) is 1.36. The largest absolute Gasteiger partial charge is 0.673 e. The molecule has 0 aliphatic carbocycles. The number of rotatable bonds is 0. The quantitative estimate of drug-likeness (QED) is 0.337. The van der Waals surface area contributed by atoms with Gasteiger partial charge in [0, 0.05) is 0 Å². The summed E-state index contributed by atoms with van der Waals surface area (Å²) in [6.45, 7) is 4.00. The zero-order chi connectivity index (χ0) is 6.50. The van der Waals surface area contributed by atoms with Crippen molar-refractivity contribution in [3.8, 4) is 0 Å². The van der Waals surface area contributed by atoms with Crippen LogP contribution in [0.25, 0.3) is 0 Å². The summed E-state index contributed by atoms with van der Waals surface area (Å²) in [6.07, 6.45) is 0. The summed E-state index contributed by atoms with van der Waals surface area (Å²) in [5.74, 6) is 0. The molecule has 7 heavy (non-hydrogen) atoms. The van der Waals surface area contributed by atoms with Crippen molar-refractivity contribution in [2.45, 2.75) is 13.8 Å². The van der Waals surface area contributed by atoms with E-state index in [4.69, 9.17) is 0 Å².